The quantitative estimate of drug-likeness (QED) is 0.738. The molecule has 0 N–H and O–H groups in total. The minimum atomic E-state index is -0.839. The van der Waals surface area contributed by atoms with Gasteiger partial charge in [0.1, 0.15) is 0 Å². The summed E-state index contributed by atoms with van der Waals surface area (Å²) in [6.45, 7) is 6.03. The number of Topliss-reactive ketones (excluding diaryl/α,β-unsaturated/α-hetero) is 2. The average molecular weight is 390 g/mol. The molecule has 1 saturated heterocycles. The van der Waals surface area contributed by atoms with Gasteiger partial charge < -0.3 is 18.9 Å². The maximum atomic E-state index is 13.7. The number of hydrogen-bond donors (Lipinski definition) is 0. The predicted molar refractivity (Wildman–Crippen MR) is 101 cm³/mol. The van der Waals surface area contributed by atoms with Gasteiger partial charge >= 0.3 is 0 Å². The van der Waals surface area contributed by atoms with Gasteiger partial charge in [-0.05, 0) is 43.3 Å². The van der Waals surface area contributed by atoms with Crippen molar-refractivity contribution in [3.05, 3.63) is 23.2 Å². The van der Waals surface area contributed by atoms with Crippen molar-refractivity contribution in [3.8, 4) is 0 Å². The van der Waals surface area contributed by atoms with Gasteiger partial charge in [0.15, 0.2) is 17.8 Å². The van der Waals surface area contributed by atoms with Gasteiger partial charge in [-0.1, -0.05) is 13.8 Å². The van der Waals surface area contributed by atoms with E-state index in [1.54, 1.807) is 7.11 Å². The molecule has 4 aliphatic rings. The SMILES string of the molecule is COC1=CC[C@@H]2C[C@H]3O[C@H](OC)C[C@H]4C(C)=C(OC)C(=O)[C@H]([C@@]2(C)C1=O)[C@@]34C. The third-order valence-corrected chi connectivity index (χ3v) is 8.11. The Bertz CT molecular complexity index is 782. The highest BCUT2D eigenvalue weighted by Crippen LogP contribution is 2.66. The zero-order chi connectivity index (χ0) is 20.4. The fraction of sp³-hybridized carbons (Fsp3) is 0.727. The second-order valence-electron chi connectivity index (χ2n) is 9.01. The zero-order valence-electron chi connectivity index (χ0n) is 17.5. The molecule has 1 heterocycles. The van der Waals surface area contributed by atoms with Crippen LogP contribution in [0.15, 0.2) is 23.2 Å². The van der Waals surface area contributed by atoms with Crippen LogP contribution in [0, 0.1) is 28.6 Å². The molecule has 0 unspecified atom stereocenters. The van der Waals surface area contributed by atoms with Crippen molar-refractivity contribution < 1.29 is 28.5 Å². The Hall–Kier alpha value is -1.66. The zero-order valence-corrected chi connectivity index (χ0v) is 17.5. The van der Waals surface area contributed by atoms with Gasteiger partial charge in [0.25, 0.3) is 0 Å². The van der Waals surface area contributed by atoms with Crippen molar-refractivity contribution >= 4 is 11.6 Å². The van der Waals surface area contributed by atoms with Gasteiger partial charge in [-0.25, -0.2) is 0 Å². The van der Waals surface area contributed by atoms with E-state index in [2.05, 4.69) is 6.92 Å². The van der Waals surface area contributed by atoms with Crippen LogP contribution in [0.2, 0.25) is 0 Å². The Labute approximate surface area is 166 Å². The van der Waals surface area contributed by atoms with E-state index >= 15 is 0 Å². The summed E-state index contributed by atoms with van der Waals surface area (Å²) < 4.78 is 22.8. The molecule has 0 aromatic heterocycles. The highest BCUT2D eigenvalue weighted by molar-refractivity contribution is 6.07. The van der Waals surface area contributed by atoms with E-state index in [0.29, 0.717) is 24.4 Å². The number of hydrogen-bond acceptors (Lipinski definition) is 6. The van der Waals surface area contributed by atoms with E-state index in [9.17, 15) is 9.59 Å². The van der Waals surface area contributed by atoms with Crippen LogP contribution >= 0.6 is 0 Å². The Morgan fingerprint density at radius 2 is 1.82 bits per heavy atom. The van der Waals surface area contributed by atoms with E-state index in [4.69, 9.17) is 18.9 Å². The van der Waals surface area contributed by atoms with Crippen LogP contribution < -0.4 is 0 Å². The molecule has 0 bridgehead atoms. The summed E-state index contributed by atoms with van der Waals surface area (Å²) in [4.78, 5) is 27.2. The highest BCUT2D eigenvalue weighted by Gasteiger charge is 2.70. The summed E-state index contributed by atoms with van der Waals surface area (Å²) in [7, 11) is 4.71. The summed E-state index contributed by atoms with van der Waals surface area (Å²) in [5.41, 5.74) is -0.390. The van der Waals surface area contributed by atoms with Crippen molar-refractivity contribution in [3.63, 3.8) is 0 Å². The largest absolute Gasteiger partial charge is 0.493 e. The molecule has 3 aliphatic carbocycles. The van der Waals surface area contributed by atoms with Crippen molar-refractivity contribution in [2.24, 2.45) is 28.6 Å². The van der Waals surface area contributed by atoms with Crippen LogP contribution in [-0.2, 0) is 28.5 Å². The molecule has 6 nitrogen and oxygen atoms in total. The summed E-state index contributed by atoms with van der Waals surface area (Å²) in [6.07, 6.45) is 3.45. The van der Waals surface area contributed by atoms with Crippen LogP contribution in [0.5, 0.6) is 0 Å². The Morgan fingerprint density at radius 3 is 2.43 bits per heavy atom. The number of methoxy groups -OCH3 is 3. The first kappa shape index (κ1) is 19.6. The molecule has 2 fully saturated rings. The van der Waals surface area contributed by atoms with Crippen molar-refractivity contribution in [2.75, 3.05) is 21.3 Å². The molecule has 154 valence electrons. The molecule has 0 aromatic rings. The van der Waals surface area contributed by atoms with Gasteiger partial charge in [0.2, 0.25) is 11.6 Å². The normalized spacial score (nSPS) is 45.2. The first-order chi connectivity index (χ1) is 13.2. The lowest BCUT2D eigenvalue weighted by molar-refractivity contribution is -0.277. The van der Waals surface area contributed by atoms with Gasteiger partial charge in [-0.15, -0.1) is 0 Å². The van der Waals surface area contributed by atoms with Crippen LogP contribution in [0.4, 0.5) is 0 Å². The lowest BCUT2D eigenvalue weighted by Crippen LogP contribution is -2.68. The van der Waals surface area contributed by atoms with E-state index in [-0.39, 0.29) is 35.8 Å². The van der Waals surface area contributed by atoms with Crippen LogP contribution in [0.1, 0.15) is 40.0 Å². The summed E-state index contributed by atoms with van der Waals surface area (Å²) in [5, 5.41) is 0. The number of carbonyl (C=O) groups excluding carboxylic acids is 2. The molecule has 7 atom stereocenters. The summed E-state index contributed by atoms with van der Waals surface area (Å²) in [5.74, 6) is 0.146. The Kier molecular flexibility index (Phi) is 4.51. The van der Waals surface area contributed by atoms with Crippen LogP contribution in [-0.4, -0.2) is 45.3 Å². The lowest BCUT2D eigenvalue weighted by atomic mass is 9.41. The second kappa shape index (κ2) is 6.42. The fourth-order valence-corrected chi connectivity index (χ4v) is 6.67. The average Bonchev–Trinajstić information content (AvgIpc) is 2.66. The molecule has 1 saturated carbocycles. The van der Waals surface area contributed by atoms with Crippen LogP contribution in [0.3, 0.4) is 0 Å². The first-order valence-electron chi connectivity index (χ1n) is 10.0. The molecule has 6 heteroatoms. The molecule has 0 aromatic carbocycles. The van der Waals surface area contributed by atoms with Gasteiger partial charge in [-0.2, -0.15) is 0 Å². The van der Waals surface area contributed by atoms with Crippen molar-refractivity contribution in [2.45, 2.75) is 52.4 Å². The molecular formula is C22H30O6. The minimum absolute atomic E-state index is 0.0127. The number of rotatable bonds is 3. The highest BCUT2D eigenvalue weighted by atomic mass is 16.7. The van der Waals surface area contributed by atoms with Crippen molar-refractivity contribution in [1.29, 1.82) is 0 Å². The van der Waals surface area contributed by atoms with E-state index in [1.807, 2.05) is 19.9 Å². The fourth-order valence-electron chi connectivity index (χ4n) is 6.67. The summed E-state index contributed by atoms with van der Waals surface area (Å²) >= 11 is 0. The van der Waals surface area contributed by atoms with Gasteiger partial charge in [0.05, 0.1) is 20.3 Å². The maximum absolute atomic E-state index is 13.7. The number of fused-ring (bicyclic) bond motifs is 2. The first-order valence-corrected chi connectivity index (χ1v) is 10.0. The monoisotopic (exact) mass is 390 g/mol. The van der Waals surface area contributed by atoms with E-state index in [1.165, 1.54) is 14.2 Å². The molecular weight excluding hydrogens is 360 g/mol. The van der Waals surface area contributed by atoms with E-state index < -0.39 is 16.7 Å². The predicted octanol–water partition coefficient (Wildman–Crippen LogP) is 3.02. The Morgan fingerprint density at radius 1 is 1.11 bits per heavy atom. The van der Waals surface area contributed by atoms with Gasteiger partial charge in [-0.3, -0.25) is 9.59 Å². The molecule has 0 radical (unpaired) electrons. The molecule has 4 rings (SSSR count). The number of carbonyl (C=O) groups is 2. The second-order valence-corrected chi connectivity index (χ2v) is 9.01. The lowest BCUT2D eigenvalue weighted by Gasteiger charge is -2.64. The van der Waals surface area contributed by atoms with E-state index in [0.717, 1.165) is 12.0 Å². The number of ketones is 2. The molecule has 28 heavy (non-hydrogen) atoms. The number of allylic oxidation sites excluding steroid dienone is 4. The smallest absolute Gasteiger partial charge is 0.203 e. The molecule has 1 aliphatic heterocycles. The number of ether oxygens (including phenoxy) is 4. The van der Waals surface area contributed by atoms with Crippen molar-refractivity contribution in [1.82, 2.24) is 0 Å². The maximum Gasteiger partial charge on any atom is 0.203 e. The van der Waals surface area contributed by atoms with Gasteiger partial charge in [0, 0.05) is 30.3 Å². The topological polar surface area (TPSA) is 71.1 Å². The minimum Gasteiger partial charge on any atom is -0.493 e. The molecule has 0 spiro atoms. The Balaban J connectivity index is 1.93. The standard InChI is InChI=1S/C22H30O6/c1-11-13-10-16(26-5)28-15-9-12-7-8-14(25-4)20(24)21(12,2)19(22(13,15)3)17(23)18(11)27-6/h8,12-13,15-16,19H,7,9-10H2,1-6H3/t12-,13+,15-,16+,19-,21+,22-/m1/s1. The third-order valence-electron chi connectivity index (χ3n) is 8.11. The van der Waals surface area contributed by atoms with Crippen LogP contribution in [0.25, 0.3) is 0 Å². The summed E-state index contributed by atoms with van der Waals surface area (Å²) in [6, 6.07) is 0. The molecule has 0 amide bonds. The third kappa shape index (κ3) is 2.22.